The SMILES string of the molecule is Cc1cc(CCCN(C)C)c(C)n1-c1cccnc1. The fourth-order valence-corrected chi connectivity index (χ4v) is 2.55. The molecule has 0 spiro atoms. The van der Waals surface area contributed by atoms with Gasteiger partial charge in [-0.25, -0.2) is 0 Å². The topological polar surface area (TPSA) is 21.1 Å². The van der Waals surface area contributed by atoms with Crippen LogP contribution in [0.25, 0.3) is 5.69 Å². The lowest BCUT2D eigenvalue weighted by atomic mass is 10.1. The Morgan fingerprint density at radius 3 is 2.68 bits per heavy atom. The summed E-state index contributed by atoms with van der Waals surface area (Å²) in [6.07, 6.45) is 6.07. The molecule has 2 heterocycles. The maximum absolute atomic E-state index is 4.21. The monoisotopic (exact) mass is 257 g/mol. The Bertz CT molecular complexity index is 526. The van der Waals surface area contributed by atoms with Gasteiger partial charge in [0.2, 0.25) is 0 Å². The fourth-order valence-electron chi connectivity index (χ4n) is 2.55. The maximum Gasteiger partial charge on any atom is 0.0638 e. The van der Waals surface area contributed by atoms with Crippen LogP contribution in [0.3, 0.4) is 0 Å². The smallest absolute Gasteiger partial charge is 0.0638 e. The van der Waals surface area contributed by atoms with E-state index in [1.807, 2.05) is 18.5 Å². The van der Waals surface area contributed by atoms with Crippen molar-refractivity contribution in [2.45, 2.75) is 26.7 Å². The van der Waals surface area contributed by atoms with Gasteiger partial charge in [0.25, 0.3) is 0 Å². The van der Waals surface area contributed by atoms with E-state index in [9.17, 15) is 0 Å². The van der Waals surface area contributed by atoms with Gasteiger partial charge in [0, 0.05) is 17.6 Å². The summed E-state index contributed by atoms with van der Waals surface area (Å²) in [5.74, 6) is 0. The molecule has 3 heteroatoms. The zero-order valence-electron chi connectivity index (χ0n) is 12.3. The molecular formula is C16H23N3. The first kappa shape index (κ1) is 13.8. The summed E-state index contributed by atoms with van der Waals surface area (Å²) in [4.78, 5) is 6.45. The largest absolute Gasteiger partial charge is 0.317 e. The summed E-state index contributed by atoms with van der Waals surface area (Å²) in [5, 5.41) is 0. The van der Waals surface area contributed by atoms with Gasteiger partial charge >= 0.3 is 0 Å². The second kappa shape index (κ2) is 6.02. The van der Waals surface area contributed by atoms with Crippen LogP contribution in [-0.4, -0.2) is 35.1 Å². The molecule has 3 nitrogen and oxygen atoms in total. The summed E-state index contributed by atoms with van der Waals surface area (Å²) in [6.45, 7) is 5.50. The van der Waals surface area contributed by atoms with E-state index in [2.05, 4.69) is 54.5 Å². The average Bonchev–Trinajstić information content (AvgIpc) is 2.65. The molecule has 2 aromatic rings. The van der Waals surface area contributed by atoms with Gasteiger partial charge in [-0.15, -0.1) is 0 Å². The Labute approximate surface area is 115 Å². The van der Waals surface area contributed by atoms with Crippen molar-refractivity contribution in [3.8, 4) is 5.69 Å². The van der Waals surface area contributed by atoms with E-state index >= 15 is 0 Å². The fraction of sp³-hybridized carbons (Fsp3) is 0.438. The third kappa shape index (κ3) is 3.24. The third-order valence-electron chi connectivity index (χ3n) is 3.49. The molecule has 0 atom stereocenters. The second-order valence-corrected chi connectivity index (χ2v) is 5.35. The van der Waals surface area contributed by atoms with Gasteiger partial charge in [-0.1, -0.05) is 0 Å². The van der Waals surface area contributed by atoms with Crippen molar-refractivity contribution in [3.63, 3.8) is 0 Å². The van der Waals surface area contributed by atoms with Crippen molar-refractivity contribution in [1.82, 2.24) is 14.5 Å². The lowest BCUT2D eigenvalue weighted by molar-refractivity contribution is 0.400. The van der Waals surface area contributed by atoms with E-state index in [0.717, 1.165) is 18.7 Å². The van der Waals surface area contributed by atoms with Gasteiger partial charge in [-0.05, 0) is 71.1 Å². The van der Waals surface area contributed by atoms with Gasteiger partial charge in [0.05, 0.1) is 11.9 Å². The van der Waals surface area contributed by atoms with E-state index in [1.54, 1.807) is 0 Å². The van der Waals surface area contributed by atoms with Crippen molar-refractivity contribution < 1.29 is 0 Å². The number of hydrogen-bond acceptors (Lipinski definition) is 2. The predicted molar refractivity (Wildman–Crippen MR) is 79.9 cm³/mol. The first-order chi connectivity index (χ1) is 9.09. The minimum Gasteiger partial charge on any atom is -0.317 e. The van der Waals surface area contributed by atoms with Gasteiger partial charge < -0.3 is 9.47 Å². The molecule has 0 saturated heterocycles. The second-order valence-electron chi connectivity index (χ2n) is 5.35. The van der Waals surface area contributed by atoms with Crippen LogP contribution < -0.4 is 0 Å². The van der Waals surface area contributed by atoms with Crippen molar-refractivity contribution >= 4 is 0 Å². The molecule has 0 bridgehead atoms. The molecule has 0 N–H and O–H groups in total. The summed E-state index contributed by atoms with van der Waals surface area (Å²) >= 11 is 0. The average molecular weight is 257 g/mol. The molecule has 0 aliphatic heterocycles. The third-order valence-corrected chi connectivity index (χ3v) is 3.49. The van der Waals surface area contributed by atoms with E-state index < -0.39 is 0 Å². The quantitative estimate of drug-likeness (QED) is 0.821. The highest BCUT2D eigenvalue weighted by Gasteiger charge is 2.10. The highest BCUT2D eigenvalue weighted by atomic mass is 15.0. The van der Waals surface area contributed by atoms with Crippen LogP contribution in [0.1, 0.15) is 23.4 Å². The molecule has 0 unspecified atom stereocenters. The number of nitrogens with zero attached hydrogens (tertiary/aromatic N) is 3. The molecule has 0 amide bonds. The highest BCUT2D eigenvalue weighted by Crippen LogP contribution is 2.21. The van der Waals surface area contributed by atoms with E-state index in [-0.39, 0.29) is 0 Å². The summed E-state index contributed by atoms with van der Waals surface area (Å²) in [6, 6.07) is 6.40. The number of pyridine rings is 1. The standard InChI is InChI=1S/C16H23N3/c1-13-11-15(7-6-10-18(3)4)14(2)19(13)16-8-5-9-17-12-16/h5,8-9,11-12H,6-7,10H2,1-4H3. The number of hydrogen-bond donors (Lipinski definition) is 0. The van der Waals surface area contributed by atoms with Crippen molar-refractivity contribution in [2.24, 2.45) is 0 Å². The molecule has 2 rings (SSSR count). The number of aromatic nitrogens is 2. The minimum atomic E-state index is 1.14. The molecule has 2 aromatic heterocycles. The van der Waals surface area contributed by atoms with Gasteiger partial charge in [0.15, 0.2) is 0 Å². The Morgan fingerprint density at radius 2 is 2.05 bits per heavy atom. The lowest BCUT2D eigenvalue weighted by Gasteiger charge is -2.10. The Hall–Kier alpha value is -1.61. The van der Waals surface area contributed by atoms with Gasteiger partial charge in [-0.2, -0.15) is 0 Å². The molecule has 102 valence electrons. The Morgan fingerprint density at radius 1 is 1.26 bits per heavy atom. The van der Waals surface area contributed by atoms with Crippen LogP contribution in [0.4, 0.5) is 0 Å². The molecular weight excluding hydrogens is 234 g/mol. The molecule has 0 saturated carbocycles. The van der Waals surface area contributed by atoms with E-state index in [4.69, 9.17) is 0 Å². The van der Waals surface area contributed by atoms with E-state index in [0.29, 0.717) is 0 Å². The zero-order valence-corrected chi connectivity index (χ0v) is 12.3. The van der Waals surface area contributed by atoms with E-state index in [1.165, 1.54) is 23.4 Å². The zero-order chi connectivity index (χ0) is 13.8. The van der Waals surface area contributed by atoms with Crippen molar-refractivity contribution in [2.75, 3.05) is 20.6 Å². The molecule has 0 fully saturated rings. The predicted octanol–water partition coefficient (Wildman–Crippen LogP) is 2.98. The highest BCUT2D eigenvalue weighted by molar-refractivity contribution is 5.39. The lowest BCUT2D eigenvalue weighted by Crippen LogP contribution is -2.13. The van der Waals surface area contributed by atoms with Crippen LogP contribution in [0.15, 0.2) is 30.6 Å². The summed E-state index contributed by atoms with van der Waals surface area (Å²) in [5.41, 5.74) is 5.22. The van der Waals surface area contributed by atoms with Crippen LogP contribution in [0.5, 0.6) is 0 Å². The Kier molecular flexibility index (Phi) is 4.38. The molecule has 0 aromatic carbocycles. The van der Waals surface area contributed by atoms with Crippen LogP contribution in [-0.2, 0) is 6.42 Å². The molecule has 0 aliphatic rings. The van der Waals surface area contributed by atoms with Crippen molar-refractivity contribution in [1.29, 1.82) is 0 Å². The van der Waals surface area contributed by atoms with Crippen LogP contribution in [0.2, 0.25) is 0 Å². The first-order valence-corrected chi connectivity index (χ1v) is 6.82. The van der Waals surface area contributed by atoms with Crippen molar-refractivity contribution in [3.05, 3.63) is 47.5 Å². The van der Waals surface area contributed by atoms with Crippen LogP contribution >= 0.6 is 0 Å². The Balaban J connectivity index is 2.20. The summed E-state index contributed by atoms with van der Waals surface area (Å²) < 4.78 is 2.29. The van der Waals surface area contributed by atoms with Gasteiger partial charge in [-0.3, -0.25) is 4.98 Å². The summed E-state index contributed by atoms with van der Waals surface area (Å²) in [7, 11) is 4.25. The number of aryl methyl sites for hydroxylation is 2. The first-order valence-electron chi connectivity index (χ1n) is 6.82. The molecule has 19 heavy (non-hydrogen) atoms. The minimum absolute atomic E-state index is 1.14. The number of rotatable bonds is 5. The molecule has 0 radical (unpaired) electrons. The maximum atomic E-state index is 4.21. The molecule has 0 aliphatic carbocycles. The van der Waals surface area contributed by atoms with Gasteiger partial charge in [0.1, 0.15) is 0 Å². The van der Waals surface area contributed by atoms with Crippen LogP contribution in [0, 0.1) is 13.8 Å². The normalized spacial score (nSPS) is 11.2.